The molecule has 0 fully saturated rings. The number of benzene rings is 2. The number of amides is 1. The average Bonchev–Trinajstić information content (AvgIpc) is 2.60. The molecule has 2 aromatic rings. The Morgan fingerprint density at radius 3 is 2.39 bits per heavy atom. The molecule has 2 aromatic carbocycles. The summed E-state index contributed by atoms with van der Waals surface area (Å²) in [6.45, 7) is 6.24. The van der Waals surface area contributed by atoms with E-state index < -0.39 is 10.0 Å². The van der Waals surface area contributed by atoms with Gasteiger partial charge in [0.05, 0.1) is 18.0 Å². The summed E-state index contributed by atoms with van der Waals surface area (Å²) in [4.78, 5) is 12.4. The first-order valence-electron chi connectivity index (χ1n) is 9.27. The zero-order chi connectivity index (χ0) is 20.7. The fraction of sp³-hybridized carbons (Fsp3) is 0.381. The van der Waals surface area contributed by atoms with Crippen molar-refractivity contribution < 1.29 is 17.9 Å². The van der Waals surface area contributed by atoms with Gasteiger partial charge in [0.25, 0.3) is 5.91 Å². The maximum Gasteiger partial charge on any atom is 0.251 e. The topological polar surface area (TPSA) is 84.5 Å². The van der Waals surface area contributed by atoms with Gasteiger partial charge in [0, 0.05) is 12.1 Å². The number of carbonyl (C=O) groups is 1. The van der Waals surface area contributed by atoms with Crippen LogP contribution in [0.25, 0.3) is 0 Å². The monoisotopic (exact) mass is 404 g/mol. The lowest BCUT2D eigenvalue weighted by atomic mass is 10.1. The van der Waals surface area contributed by atoms with Gasteiger partial charge < -0.3 is 10.1 Å². The Morgan fingerprint density at radius 1 is 1.11 bits per heavy atom. The predicted octanol–water partition coefficient (Wildman–Crippen LogP) is 3.52. The molecule has 0 aliphatic heterocycles. The van der Waals surface area contributed by atoms with Crippen LogP contribution in [-0.4, -0.2) is 33.2 Å². The zero-order valence-corrected chi connectivity index (χ0v) is 17.6. The summed E-state index contributed by atoms with van der Waals surface area (Å²) in [6, 6.07) is 13.0. The van der Waals surface area contributed by atoms with Crippen LogP contribution in [0.2, 0.25) is 0 Å². The van der Waals surface area contributed by atoms with Crippen LogP contribution in [0.15, 0.2) is 42.5 Å². The van der Waals surface area contributed by atoms with E-state index in [4.69, 9.17) is 4.74 Å². The molecule has 0 unspecified atom stereocenters. The van der Waals surface area contributed by atoms with Gasteiger partial charge in [-0.25, -0.2) is 8.42 Å². The first-order chi connectivity index (χ1) is 13.2. The van der Waals surface area contributed by atoms with Crippen LogP contribution in [-0.2, 0) is 16.4 Å². The number of carbonyl (C=O) groups excluding carboxylic acids is 1. The highest BCUT2D eigenvalue weighted by molar-refractivity contribution is 7.92. The van der Waals surface area contributed by atoms with Gasteiger partial charge in [-0.1, -0.05) is 18.2 Å². The van der Waals surface area contributed by atoms with E-state index in [0.29, 0.717) is 23.4 Å². The lowest BCUT2D eigenvalue weighted by Gasteiger charge is -2.12. The number of anilines is 1. The molecular weight excluding hydrogens is 376 g/mol. The van der Waals surface area contributed by atoms with Crippen LogP contribution in [0, 0.1) is 6.92 Å². The molecule has 0 saturated heterocycles. The fourth-order valence-electron chi connectivity index (χ4n) is 2.79. The van der Waals surface area contributed by atoms with Gasteiger partial charge in [-0.2, -0.15) is 0 Å². The van der Waals surface area contributed by atoms with Crippen molar-refractivity contribution >= 4 is 21.6 Å². The minimum atomic E-state index is -3.39. The van der Waals surface area contributed by atoms with Gasteiger partial charge in [0.15, 0.2) is 0 Å². The Morgan fingerprint density at radius 2 is 1.79 bits per heavy atom. The molecule has 0 saturated carbocycles. The summed E-state index contributed by atoms with van der Waals surface area (Å²) >= 11 is 0. The Kier molecular flexibility index (Phi) is 7.45. The molecule has 6 nitrogen and oxygen atoms in total. The van der Waals surface area contributed by atoms with Crippen LogP contribution < -0.4 is 14.8 Å². The van der Waals surface area contributed by atoms with Crippen molar-refractivity contribution in [3.05, 3.63) is 59.2 Å². The molecule has 0 radical (unpaired) electrons. The molecule has 0 aliphatic carbocycles. The van der Waals surface area contributed by atoms with Crippen molar-refractivity contribution in [1.82, 2.24) is 5.32 Å². The molecule has 1 amide bonds. The van der Waals surface area contributed by atoms with Gasteiger partial charge in [-0.3, -0.25) is 9.52 Å². The van der Waals surface area contributed by atoms with Gasteiger partial charge in [0.1, 0.15) is 5.75 Å². The van der Waals surface area contributed by atoms with Crippen LogP contribution in [0.3, 0.4) is 0 Å². The van der Waals surface area contributed by atoms with E-state index in [2.05, 4.69) is 10.0 Å². The summed E-state index contributed by atoms with van der Waals surface area (Å²) in [5.74, 6) is 0.639. The maximum absolute atomic E-state index is 12.4. The van der Waals surface area contributed by atoms with E-state index in [1.165, 1.54) is 5.56 Å². The number of ether oxygens (including phenoxy) is 1. The fourth-order valence-corrected chi connectivity index (χ4v) is 3.41. The van der Waals surface area contributed by atoms with Gasteiger partial charge in [-0.05, 0) is 69.0 Å². The first-order valence-corrected chi connectivity index (χ1v) is 11.2. The highest BCUT2D eigenvalue weighted by Crippen LogP contribution is 2.20. The number of rotatable bonds is 9. The summed E-state index contributed by atoms with van der Waals surface area (Å²) in [7, 11) is -3.39. The third kappa shape index (κ3) is 6.88. The molecule has 0 aliphatic rings. The number of sulfonamides is 1. The predicted molar refractivity (Wildman–Crippen MR) is 113 cm³/mol. The second kappa shape index (κ2) is 9.59. The number of nitrogens with one attached hydrogen (secondary N) is 2. The molecule has 7 heteroatoms. The zero-order valence-electron chi connectivity index (χ0n) is 16.8. The molecule has 2 rings (SSSR count). The highest BCUT2D eigenvalue weighted by atomic mass is 32.2. The van der Waals surface area contributed by atoms with Crippen molar-refractivity contribution in [2.24, 2.45) is 0 Å². The van der Waals surface area contributed by atoms with E-state index in [0.717, 1.165) is 24.8 Å². The standard InChI is InChI=1S/C21H28N2O4S/c1-15(2)27-18-12-10-17(11-13-18)7-6-14-22-21(24)19-8-5-9-20(16(19)3)23-28(4,25)26/h5,8-13,15,23H,6-7,14H2,1-4H3,(H,22,24). The van der Waals surface area contributed by atoms with Crippen molar-refractivity contribution in [1.29, 1.82) is 0 Å². The molecule has 0 atom stereocenters. The third-order valence-corrected chi connectivity index (χ3v) is 4.69. The molecule has 0 aromatic heterocycles. The second-order valence-electron chi connectivity index (χ2n) is 7.02. The van der Waals surface area contributed by atoms with E-state index >= 15 is 0 Å². The average molecular weight is 405 g/mol. The summed E-state index contributed by atoms with van der Waals surface area (Å²) in [5.41, 5.74) is 2.66. The van der Waals surface area contributed by atoms with Crippen LogP contribution >= 0.6 is 0 Å². The number of hydrogen-bond donors (Lipinski definition) is 2. The third-order valence-electron chi connectivity index (χ3n) is 4.10. The SMILES string of the molecule is Cc1c(NS(C)(=O)=O)cccc1C(=O)NCCCc1ccc(OC(C)C)cc1. The summed E-state index contributed by atoms with van der Waals surface area (Å²) in [6.07, 6.45) is 2.88. The van der Waals surface area contributed by atoms with Crippen LogP contribution in [0.5, 0.6) is 5.75 Å². The van der Waals surface area contributed by atoms with E-state index in [1.54, 1.807) is 25.1 Å². The van der Waals surface area contributed by atoms with Crippen LogP contribution in [0.4, 0.5) is 5.69 Å². The van der Waals surface area contributed by atoms with Crippen molar-refractivity contribution in [2.75, 3.05) is 17.5 Å². The Bertz CT molecular complexity index is 907. The lowest BCUT2D eigenvalue weighted by molar-refractivity contribution is 0.0952. The smallest absolute Gasteiger partial charge is 0.251 e. The minimum absolute atomic E-state index is 0.149. The molecule has 152 valence electrons. The number of aryl methyl sites for hydroxylation is 1. The Hall–Kier alpha value is -2.54. The normalized spacial score (nSPS) is 11.3. The van der Waals surface area contributed by atoms with Crippen molar-refractivity contribution in [3.8, 4) is 5.75 Å². The molecule has 0 spiro atoms. The molecule has 0 bridgehead atoms. The van der Waals surface area contributed by atoms with Crippen molar-refractivity contribution in [3.63, 3.8) is 0 Å². The number of hydrogen-bond acceptors (Lipinski definition) is 4. The summed E-state index contributed by atoms with van der Waals surface area (Å²) in [5, 5.41) is 2.90. The quantitative estimate of drug-likeness (QED) is 0.627. The molecule has 2 N–H and O–H groups in total. The molecular formula is C21H28N2O4S. The second-order valence-corrected chi connectivity index (χ2v) is 8.77. The van der Waals surface area contributed by atoms with E-state index in [-0.39, 0.29) is 12.0 Å². The van der Waals surface area contributed by atoms with E-state index in [1.807, 2.05) is 38.1 Å². The highest BCUT2D eigenvalue weighted by Gasteiger charge is 2.13. The first kappa shape index (κ1) is 21.8. The molecule has 28 heavy (non-hydrogen) atoms. The maximum atomic E-state index is 12.4. The minimum Gasteiger partial charge on any atom is -0.491 e. The summed E-state index contributed by atoms with van der Waals surface area (Å²) < 4.78 is 30.9. The lowest BCUT2D eigenvalue weighted by Crippen LogP contribution is -2.26. The van der Waals surface area contributed by atoms with Crippen molar-refractivity contribution in [2.45, 2.75) is 39.7 Å². The van der Waals surface area contributed by atoms with Gasteiger partial charge in [-0.15, -0.1) is 0 Å². The van der Waals surface area contributed by atoms with Gasteiger partial charge in [0.2, 0.25) is 10.0 Å². The Balaban J connectivity index is 1.87. The Labute approximate surface area is 167 Å². The van der Waals surface area contributed by atoms with E-state index in [9.17, 15) is 13.2 Å². The molecule has 0 heterocycles. The van der Waals surface area contributed by atoms with Gasteiger partial charge >= 0.3 is 0 Å². The largest absolute Gasteiger partial charge is 0.491 e. The van der Waals surface area contributed by atoms with Crippen LogP contribution in [0.1, 0.15) is 41.8 Å².